The predicted molar refractivity (Wildman–Crippen MR) is 130 cm³/mol. The van der Waals surface area contributed by atoms with Crippen LogP contribution in [0.2, 0.25) is 0 Å². The summed E-state index contributed by atoms with van der Waals surface area (Å²) in [4.78, 5) is 39.3. The van der Waals surface area contributed by atoms with Gasteiger partial charge in [-0.1, -0.05) is 37.3 Å². The van der Waals surface area contributed by atoms with E-state index in [0.29, 0.717) is 17.8 Å². The van der Waals surface area contributed by atoms with Gasteiger partial charge in [0.15, 0.2) is 12.4 Å². The molecule has 13 heteroatoms. The lowest BCUT2D eigenvalue weighted by molar-refractivity contribution is 0.0506. The monoisotopic (exact) mass is 509 g/mol. The van der Waals surface area contributed by atoms with E-state index in [2.05, 4.69) is 25.8 Å². The van der Waals surface area contributed by atoms with E-state index in [1.54, 1.807) is 13.1 Å². The third kappa shape index (κ3) is 5.30. The zero-order chi connectivity index (χ0) is 25.7. The van der Waals surface area contributed by atoms with E-state index < -0.39 is 17.8 Å². The van der Waals surface area contributed by atoms with E-state index >= 15 is 0 Å². The number of hydrogen-bond acceptors (Lipinski definition) is 10. The van der Waals surface area contributed by atoms with E-state index in [9.17, 15) is 14.4 Å². The Labute approximate surface area is 209 Å². The number of carbonyl (C=O) groups is 3. The molecule has 4 rings (SSSR count). The number of methoxy groups -OCH3 is 1. The number of nitrogens with zero attached hydrogens (tertiary/aromatic N) is 6. The number of carbonyl (C=O) groups excluding carboxylic acids is 3. The lowest BCUT2D eigenvalue weighted by atomic mass is 10.1. The van der Waals surface area contributed by atoms with Crippen molar-refractivity contribution in [3.8, 4) is 11.4 Å². The Kier molecular flexibility index (Phi) is 7.49. The first-order chi connectivity index (χ1) is 17.4. The molecule has 0 atom stereocenters. The molecule has 0 aliphatic rings. The number of rotatable bonds is 9. The van der Waals surface area contributed by atoms with Crippen LogP contribution >= 0.6 is 11.3 Å². The van der Waals surface area contributed by atoms with Crippen molar-refractivity contribution in [1.29, 1.82) is 0 Å². The summed E-state index contributed by atoms with van der Waals surface area (Å²) < 4.78 is 11.5. The lowest BCUT2D eigenvalue weighted by Gasteiger charge is -2.07. The highest BCUT2D eigenvalue weighted by atomic mass is 32.1. The van der Waals surface area contributed by atoms with Crippen LogP contribution in [-0.4, -0.2) is 61.6 Å². The zero-order valence-electron chi connectivity index (χ0n) is 19.8. The second-order valence-corrected chi connectivity index (χ2v) is 8.60. The number of benzene rings is 1. The fraction of sp³-hybridized carbons (Fsp3) is 0.261. The summed E-state index contributed by atoms with van der Waals surface area (Å²) in [5.41, 5.74) is 1.41. The molecule has 36 heavy (non-hydrogen) atoms. The predicted octanol–water partition coefficient (Wildman–Crippen LogP) is 3.02. The molecule has 186 valence electrons. The number of aromatic nitrogens is 6. The topological polar surface area (TPSA) is 143 Å². The van der Waals surface area contributed by atoms with Crippen LogP contribution in [0.25, 0.3) is 11.4 Å². The van der Waals surface area contributed by atoms with E-state index in [4.69, 9.17) is 9.47 Å². The zero-order valence-corrected chi connectivity index (χ0v) is 20.6. The third-order valence-electron chi connectivity index (χ3n) is 5.02. The van der Waals surface area contributed by atoms with Gasteiger partial charge in [0.2, 0.25) is 5.82 Å². The molecule has 12 nitrogen and oxygen atoms in total. The standard InChI is InChI=1S/C23H23N7O5S/c1-4-12-35-22(32)17-14(2)18(23(33)34-3)36-21(17)24-20(31)16-10-11-29(26-16)13-30-27-19(25-28-30)15-8-6-5-7-9-15/h5-11H,4,12-13H2,1-3H3,(H,24,31). The maximum Gasteiger partial charge on any atom is 0.348 e. The minimum absolute atomic E-state index is 0.0944. The second-order valence-electron chi connectivity index (χ2n) is 7.58. The Balaban J connectivity index is 1.50. The van der Waals surface area contributed by atoms with Gasteiger partial charge in [0, 0.05) is 11.8 Å². The van der Waals surface area contributed by atoms with Gasteiger partial charge in [0.05, 0.1) is 19.3 Å². The molecule has 0 unspecified atom stereocenters. The summed E-state index contributed by atoms with van der Waals surface area (Å²) in [5.74, 6) is -1.33. The number of esters is 2. The van der Waals surface area contributed by atoms with Crippen LogP contribution in [0, 0.1) is 6.92 Å². The normalized spacial score (nSPS) is 10.8. The maximum absolute atomic E-state index is 12.9. The number of nitrogens with one attached hydrogen (secondary N) is 1. The first-order valence-electron chi connectivity index (χ1n) is 11.0. The average Bonchev–Trinajstić information content (AvgIpc) is 3.62. The third-order valence-corrected chi connectivity index (χ3v) is 6.20. The van der Waals surface area contributed by atoms with E-state index in [1.165, 1.54) is 22.7 Å². The van der Waals surface area contributed by atoms with Crippen LogP contribution < -0.4 is 5.32 Å². The Hall–Kier alpha value is -4.39. The minimum atomic E-state index is -0.631. The maximum atomic E-state index is 12.9. The summed E-state index contributed by atoms with van der Waals surface area (Å²) >= 11 is 0.939. The number of hydrogen-bond donors (Lipinski definition) is 1. The van der Waals surface area contributed by atoms with Crippen molar-refractivity contribution in [2.24, 2.45) is 0 Å². The van der Waals surface area contributed by atoms with Gasteiger partial charge in [0.25, 0.3) is 5.91 Å². The highest BCUT2D eigenvalue weighted by molar-refractivity contribution is 7.18. The summed E-state index contributed by atoms with van der Waals surface area (Å²) in [5, 5.41) is 19.5. The molecule has 3 aromatic heterocycles. The molecule has 0 fully saturated rings. The van der Waals surface area contributed by atoms with Crippen molar-refractivity contribution in [2.75, 3.05) is 19.0 Å². The van der Waals surface area contributed by atoms with Crippen molar-refractivity contribution in [3.05, 3.63) is 64.3 Å². The fourth-order valence-electron chi connectivity index (χ4n) is 3.27. The van der Waals surface area contributed by atoms with Gasteiger partial charge in [-0.3, -0.25) is 4.79 Å². The molecule has 0 bridgehead atoms. The first-order valence-corrected chi connectivity index (χ1v) is 11.8. The molecule has 0 radical (unpaired) electrons. The van der Waals surface area contributed by atoms with E-state index in [0.717, 1.165) is 16.9 Å². The molecule has 4 aromatic rings. The summed E-state index contributed by atoms with van der Waals surface area (Å²) in [6, 6.07) is 10.9. The lowest BCUT2D eigenvalue weighted by Crippen LogP contribution is -2.17. The number of thiophene rings is 1. The summed E-state index contributed by atoms with van der Waals surface area (Å²) in [7, 11) is 1.24. The Bertz CT molecular complexity index is 1390. The van der Waals surface area contributed by atoms with Crippen molar-refractivity contribution >= 4 is 34.2 Å². The van der Waals surface area contributed by atoms with Crippen LogP contribution in [-0.2, 0) is 16.1 Å². The van der Waals surface area contributed by atoms with Gasteiger partial charge in [-0.2, -0.15) is 5.10 Å². The van der Waals surface area contributed by atoms with Gasteiger partial charge in [-0.05, 0) is 30.2 Å². The SMILES string of the molecule is CCCOC(=O)c1c(NC(=O)c2ccn(Cn3nnc(-c4ccccc4)n3)n2)sc(C(=O)OC)c1C. The van der Waals surface area contributed by atoms with Crippen LogP contribution in [0.5, 0.6) is 0 Å². The van der Waals surface area contributed by atoms with Gasteiger partial charge < -0.3 is 14.8 Å². The molecule has 0 aliphatic heterocycles. The van der Waals surface area contributed by atoms with Gasteiger partial charge in [-0.25, -0.2) is 14.3 Å². The summed E-state index contributed by atoms with van der Waals surface area (Å²) in [6.07, 6.45) is 2.22. The second kappa shape index (κ2) is 10.9. The van der Waals surface area contributed by atoms with Crippen LogP contribution in [0.3, 0.4) is 0 Å². The van der Waals surface area contributed by atoms with E-state index in [-0.39, 0.29) is 34.4 Å². The van der Waals surface area contributed by atoms with Crippen LogP contribution in [0.15, 0.2) is 42.6 Å². The molecule has 1 amide bonds. The Morgan fingerprint density at radius 3 is 2.58 bits per heavy atom. The highest BCUT2D eigenvalue weighted by Gasteiger charge is 2.27. The van der Waals surface area contributed by atoms with Crippen molar-refractivity contribution in [3.63, 3.8) is 0 Å². The minimum Gasteiger partial charge on any atom is -0.465 e. The molecule has 0 spiro atoms. The first kappa shape index (κ1) is 24.7. The quantitative estimate of drug-likeness (QED) is 0.337. The highest BCUT2D eigenvalue weighted by Crippen LogP contribution is 2.34. The smallest absolute Gasteiger partial charge is 0.348 e. The van der Waals surface area contributed by atoms with Crippen LogP contribution in [0.1, 0.15) is 49.4 Å². The molecule has 0 saturated heterocycles. The number of tetrazole rings is 1. The summed E-state index contributed by atoms with van der Waals surface area (Å²) in [6.45, 7) is 3.81. The molecular weight excluding hydrogens is 486 g/mol. The van der Waals surface area contributed by atoms with Crippen molar-refractivity contribution in [1.82, 2.24) is 30.0 Å². The average molecular weight is 510 g/mol. The molecule has 0 saturated carbocycles. The van der Waals surface area contributed by atoms with Gasteiger partial charge in [-0.15, -0.1) is 26.3 Å². The van der Waals surface area contributed by atoms with E-state index in [1.807, 2.05) is 37.3 Å². The molecule has 3 heterocycles. The molecule has 1 N–H and O–H groups in total. The van der Waals surface area contributed by atoms with Gasteiger partial charge >= 0.3 is 11.9 Å². The van der Waals surface area contributed by atoms with Crippen molar-refractivity contribution in [2.45, 2.75) is 26.9 Å². The number of ether oxygens (including phenoxy) is 2. The van der Waals surface area contributed by atoms with Crippen molar-refractivity contribution < 1.29 is 23.9 Å². The number of amides is 1. The molecular formula is C23H23N7O5S. The Morgan fingerprint density at radius 1 is 1.08 bits per heavy atom. The fourth-order valence-corrected chi connectivity index (χ4v) is 4.37. The number of anilines is 1. The van der Waals surface area contributed by atoms with Crippen LogP contribution in [0.4, 0.5) is 5.00 Å². The largest absolute Gasteiger partial charge is 0.465 e. The van der Waals surface area contributed by atoms with Gasteiger partial charge in [0.1, 0.15) is 9.88 Å². The molecule has 0 aliphatic carbocycles. The Morgan fingerprint density at radius 2 is 1.86 bits per heavy atom. The molecule has 1 aromatic carbocycles.